The highest BCUT2D eigenvalue weighted by molar-refractivity contribution is 6.77. The number of rotatable bonds is 11. The average Bonchev–Trinajstić information content (AvgIpc) is 3.66. The summed E-state index contributed by atoms with van der Waals surface area (Å²) in [6.45, 7) is 22.6. The molecule has 0 radical (unpaired) electrons. The number of carbonyl (C=O) groups excluding carboxylic acids is 1. The molecule has 49 heavy (non-hydrogen) atoms. The Kier molecular flexibility index (Phi) is 10.8. The Morgan fingerprint density at radius 3 is 2.31 bits per heavy atom. The van der Waals surface area contributed by atoms with Crippen LogP contribution < -0.4 is 4.74 Å². The fraction of sp³-hybridized carbons (Fsp3) is 0.583. The highest BCUT2D eigenvalue weighted by Crippen LogP contribution is 2.43. The zero-order chi connectivity index (χ0) is 35.7. The molecule has 0 aliphatic carbocycles. The Hall–Kier alpha value is -3.84. The van der Waals surface area contributed by atoms with Gasteiger partial charge in [-0.3, -0.25) is 4.98 Å². The fourth-order valence-corrected chi connectivity index (χ4v) is 12.9. The molecule has 1 amide bonds. The van der Waals surface area contributed by atoms with Crippen LogP contribution in [0.3, 0.4) is 0 Å². The van der Waals surface area contributed by atoms with Gasteiger partial charge in [-0.25, -0.2) is 18.9 Å². The van der Waals surface area contributed by atoms with Crippen LogP contribution in [0.4, 0.5) is 9.18 Å². The quantitative estimate of drug-likeness (QED) is 0.144. The van der Waals surface area contributed by atoms with Crippen LogP contribution in [-0.2, 0) is 9.16 Å². The van der Waals surface area contributed by atoms with Crippen molar-refractivity contribution in [1.82, 2.24) is 34.3 Å². The molecular weight excluding hydrogens is 642 g/mol. The van der Waals surface area contributed by atoms with Crippen molar-refractivity contribution in [3.05, 3.63) is 60.3 Å². The first-order valence-corrected chi connectivity index (χ1v) is 19.5. The minimum atomic E-state index is -2.25. The van der Waals surface area contributed by atoms with Gasteiger partial charge >= 0.3 is 6.09 Å². The number of carbonyl (C=O) groups is 1. The number of amides is 1. The van der Waals surface area contributed by atoms with Gasteiger partial charge in [0, 0.05) is 24.8 Å². The molecule has 5 heterocycles. The molecule has 1 fully saturated rings. The largest absolute Gasteiger partial charge is 0.479 e. The van der Waals surface area contributed by atoms with Crippen LogP contribution in [0, 0.1) is 12.7 Å². The van der Waals surface area contributed by atoms with E-state index in [2.05, 4.69) is 61.8 Å². The van der Waals surface area contributed by atoms with Crippen molar-refractivity contribution >= 4 is 19.9 Å². The van der Waals surface area contributed by atoms with Crippen molar-refractivity contribution < 1.29 is 23.1 Å². The molecule has 1 aliphatic heterocycles. The molecule has 0 unspecified atom stereocenters. The Bertz CT molecular complexity index is 1700. The second kappa shape index (κ2) is 14.6. The van der Waals surface area contributed by atoms with Crippen LogP contribution in [0.2, 0.25) is 16.6 Å². The molecule has 4 aromatic rings. The predicted molar refractivity (Wildman–Crippen MR) is 190 cm³/mol. The molecule has 0 N–H and O–H groups in total. The van der Waals surface area contributed by atoms with Gasteiger partial charge in [0.25, 0.3) is 0 Å². The number of aromatic nitrogens is 6. The van der Waals surface area contributed by atoms with Crippen molar-refractivity contribution in [1.29, 1.82) is 0 Å². The first-order chi connectivity index (χ1) is 23.1. The standard InChI is InChI=1S/C36H52FN7O4Si/c1-23(2)49(24(3)4,25(5)6)46-21-33(30-12-11-28(37)18-39-30)47-32-17-27(20-43-22-38-19-31(32)43)34-26(7)44(41-40-34)29-13-15-42(16-14-29)35(45)48-36(8,9)10/h11-12,17-20,22-25,29,33H,13-16,21H2,1-10H3/t33-/m1/s1. The van der Waals surface area contributed by atoms with Crippen LogP contribution in [0.1, 0.15) is 98.7 Å². The summed E-state index contributed by atoms with van der Waals surface area (Å²) in [7, 11) is -2.25. The lowest BCUT2D eigenvalue weighted by atomic mass is 10.0. The van der Waals surface area contributed by atoms with Gasteiger partial charge in [0.05, 0.1) is 42.8 Å². The van der Waals surface area contributed by atoms with Gasteiger partial charge in [-0.2, -0.15) is 0 Å². The number of nitrogens with zero attached hydrogens (tertiary/aromatic N) is 7. The summed E-state index contributed by atoms with van der Waals surface area (Å²) in [4.78, 5) is 23.2. The highest BCUT2D eigenvalue weighted by Gasteiger charge is 2.45. The first-order valence-electron chi connectivity index (χ1n) is 17.4. The van der Waals surface area contributed by atoms with E-state index in [4.69, 9.17) is 13.9 Å². The minimum Gasteiger partial charge on any atom is -0.479 e. The number of hydrogen-bond acceptors (Lipinski definition) is 8. The summed E-state index contributed by atoms with van der Waals surface area (Å²) < 4.78 is 37.2. The Balaban J connectivity index is 1.43. The number of halogens is 1. The number of imidazole rings is 1. The third kappa shape index (κ3) is 7.82. The molecule has 0 saturated carbocycles. The van der Waals surface area contributed by atoms with E-state index in [9.17, 15) is 9.18 Å². The minimum absolute atomic E-state index is 0.103. The number of hydrogen-bond donors (Lipinski definition) is 0. The van der Waals surface area contributed by atoms with E-state index < -0.39 is 25.8 Å². The van der Waals surface area contributed by atoms with Gasteiger partial charge in [-0.05, 0) is 75.4 Å². The normalized spacial score (nSPS) is 15.5. The molecule has 0 bridgehead atoms. The number of piperidine rings is 1. The first kappa shape index (κ1) is 36.4. The Morgan fingerprint density at radius 2 is 1.71 bits per heavy atom. The lowest BCUT2D eigenvalue weighted by molar-refractivity contribution is 0.0183. The summed E-state index contributed by atoms with van der Waals surface area (Å²) in [5, 5.41) is 9.19. The molecule has 5 rings (SSSR count). The zero-order valence-electron chi connectivity index (χ0n) is 30.6. The van der Waals surface area contributed by atoms with Crippen LogP contribution in [-0.4, -0.2) is 74.0 Å². The monoisotopic (exact) mass is 693 g/mol. The van der Waals surface area contributed by atoms with Gasteiger partial charge in [0.1, 0.15) is 28.4 Å². The van der Waals surface area contributed by atoms with E-state index in [-0.39, 0.29) is 18.7 Å². The molecular formula is C36H52FN7O4Si. The van der Waals surface area contributed by atoms with Gasteiger partial charge in [0.15, 0.2) is 6.10 Å². The van der Waals surface area contributed by atoms with E-state index >= 15 is 0 Å². The molecule has 13 heteroatoms. The average molecular weight is 694 g/mol. The second-order valence-electron chi connectivity index (χ2n) is 15.1. The summed E-state index contributed by atoms with van der Waals surface area (Å²) in [5.74, 6) is 0.174. The summed E-state index contributed by atoms with van der Waals surface area (Å²) >= 11 is 0. The van der Waals surface area contributed by atoms with Gasteiger partial charge in [-0.15, -0.1) is 5.10 Å². The lowest BCUT2D eigenvalue weighted by Gasteiger charge is -2.42. The third-order valence-electron chi connectivity index (χ3n) is 9.69. The number of fused-ring (bicyclic) bond motifs is 1. The van der Waals surface area contributed by atoms with E-state index in [1.54, 1.807) is 23.5 Å². The maximum atomic E-state index is 14.0. The van der Waals surface area contributed by atoms with Crippen molar-refractivity contribution in [3.63, 3.8) is 0 Å². The summed E-state index contributed by atoms with van der Waals surface area (Å²) in [6.07, 6.45) is 7.29. The molecule has 1 atom stereocenters. The predicted octanol–water partition coefficient (Wildman–Crippen LogP) is 8.32. The van der Waals surface area contributed by atoms with Crippen LogP contribution in [0.25, 0.3) is 16.8 Å². The molecule has 0 spiro atoms. The van der Waals surface area contributed by atoms with E-state index in [1.807, 2.05) is 49.0 Å². The smallest absolute Gasteiger partial charge is 0.410 e. The molecule has 11 nitrogen and oxygen atoms in total. The van der Waals surface area contributed by atoms with Crippen molar-refractivity contribution in [2.75, 3.05) is 19.7 Å². The van der Waals surface area contributed by atoms with Crippen molar-refractivity contribution in [3.8, 4) is 17.0 Å². The summed E-state index contributed by atoms with van der Waals surface area (Å²) in [5.41, 5.74) is 4.45. The molecule has 0 aromatic carbocycles. The fourth-order valence-electron chi connectivity index (χ4n) is 7.43. The molecule has 4 aromatic heterocycles. The Morgan fingerprint density at radius 1 is 1.04 bits per heavy atom. The maximum absolute atomic E-state index is 14.0. The van der Waals surface area contributed by atoms with Crippen molar-refractivity contribution in [2.24, 2.45) is 0 Å². The number of ether oxygens (including phenoxy) is 2. The molecule has 266 valence electrons. The third-order valence-corrected chi connectivity index (χ3v) is 15.8. The van der Waals surface area contributed by atoms with Crippen molar-refractivity contribution in [2.45, 2.75) is 116 Å². The van der Waals surface area contributed by atoms with E-state index in [1.165, 1.54) is 12.3 Å². The topological polar surface area (TPSA) is 109 Å². The highest BCUT2D eigenvalue weighted by atomic mass is 28.4. The van der Waals surface area contributed by atoms with Gasteiger partial charge in [0.2, 0.25) is 8.32 Å². The lowest BCUT2D eigenvalue weighted by Crippen LogP contribution is -2.48. The second-order valence-corrected chi connectivity index (χ2v) is 20.5. The van der Waals surface area contributed by atoms with Crippen LogP contribution in [0.15, 0.2) is 43.1 Å². The van der Waals surface area contributed by atoms with Crippen LogP contribution >= 0.6 is 0 Å². The number of pyridine rings is 2. The molecule has 1 saturated heterocycles. The van der Waals surface area contributed by atoms with Crippen LogP contribution in [0.5, 0.6) is 5.75 Å². The van der Waals surface area contributed by atoms with Gasteiger partial charge < -0.3 is 23.2 Å². The maximum Gasteiger partial charge on any atom is 0.410 e. The van der Waals surface area contributed by atoms with E-state index in [0.717, 1.165) is 35.3 Å². The molecule has 1 aliphatic rings. The Labute approximate surface area is 290 Å². The SMILES string of the molecule is Cc1c(-c2cc(O[C@H](CO[Si](C(C)C)(C(C)C)C(C)C)c3ccc(F)cn3)c3cncn3c2)nnn1C1CCN(C(=O)OC(C)(C)C)CC1. The van der Waals surface area contributed by atoms with Gasteiger partial charge in [-0.1, -0.05) is 46.8 Å². The van der Waals surface area contributed by atoms with E-state index in [0.29, 0.717) is 41.2 Å². The zero-order valence-corrected chi connectivity index (χ0v) is 31.6. The number of likely N-dealkylation sites (tertiary alicyclic amines) is 1. The summed E-state index contributed by atoms with van der Waals surface area (Å²) in [6, 6.07) is 5.12.